The third-order valence-corrected chi connectivity index (χ3v) is 2.69. The Morgan fingerprint density at radius 2 is 2.13 bits per heavy atom. The van der Waals surface area contributed by atoms with Crippen LogP contribution in [-0.4, -0.2) is 36.8 Å². The summed E-state index contributed by atoms with van der Waals surface area (Å²) >= 11 is 0. The van der Waals surface area contributed by atoms with Crippen LogP contribution in [0.1, 0.15) is 26.7 Å². The highest BCUT2D eigenvalue weighted by Gasteiger charge is 2.20. The van der Waals surface area contributed by atoms with Gasteiger partial charge in [-0.25, -0.2) is 0 Å². The SMILES string of the molecule is CC(C)C(O)CNC(=O)CNCC1CC1. The number of aliphatic hydroxyl groups is 1. The van der Waals surface area contributed by atoms with E-state index in [4.69, 9.17) is 0 Å². The van der Waals surface area contributed by atoms with Gasteiger partial charge in [-0.1, -0.05) is 13.8 Å². The molecule has 1 fully saturated rings. The van der Waals surface area contributed by atoms with Crippen molar-refractivity contribution in [1.82, 2.24) is 10.6 Å². The molecule has 0 aliphatic heterocycles. The zero-order valence-corrected chi connectivity index (χ0v) is 9.62. The first-order valence-electron chi connectivity index (χ1n) is 5.75. The predicted molar refractivity (Wildman–Crippen MR) is 59.4 cm³/mol. The Bertz CT molecular complexity index is 203. The number of amides is 1. The van der Waals surface area contributed by atoms with Crippen LogP contribution in [0.25, 0.3) is 0 Å². The van der Waals surface area contributed by atoms with Gasteiger partial charge in [-0.3, -0.25) is 4.79 Å². The number of hydrogen-bond acceptors (Lipinski definition) is 3. The summed E-state index contributed by atoms with van der Waals surface area (Å²) in [4.78, 5) is 11.3. The summed E-state index contributed by atoms with van der Waals surface area (Å²) in [5, 5.41) is 15.3. The van der Waals surface area contributed by atoms with Gasteiger partial charge >= 0.3 is 0 Å². The minimum Gasteiger partial charge on any atom is -0.391 e. The van der Waals surface area contributed by atoms with E-state index in [1.807, 2.05) is 13.8 Å². The number of aliphatic hydroxyl groups excluding tert-OH is 1. The normalized spacial score (nSPS) is 17.9. The molecule has 3 N–H and O–H groups in total. The number of rotatable bonds is 7. The lowest BCUT2D eigenvalue weighted by Gasteiger charge is -2.15. The monoisotopic (exact) mass is 214 g/mol. The Hall–Kier alpha value is -0.610. The minimum absolute atomic E-state index is 0.0321. The van der Waals surface area contributed by atoms with Gasteiger partial charge in [0.2, 0.25) is 5.91 Å². The summed E-state index contributed by atoms with van der Waals surface area (Å²) in [5.41, 5.74) is 0. The molecule has 0 heterocycles. The molecule has 0 bridgehead atoms. The van der Waals surface area contributed by atoms with Gasteiger partial charge in [0.15, 0.2) is 0 Å². The van der Waals surface area contributed by atoms with Crippen molar-refractivity contribution in [3.63, 3.8) is 0 Å². The largest absolute Gasteiger partial charge is 0.391 e. The van der Waals surface area contributed by atoms with Crippen LogP contribution in [0.2, 0.25) is 0 Å². The smallest absolute Gasteiger partial charge is 0.234 e. The molecule has 0 saturated heterocycles. The summed E-state index contributed by atoms with van der Waals surface area (Å²) < 4.78 is 0. The molecule has 1 saturated carbocycles. The molecule has 0 radical (unpaired) electrons. The van der Waals surface area contributed by atoms with Crippen LogP contribution in [0.3, 0.4) is 0 Å². The molecule has 1 aliphatic carbocycles. The van der Waals surface area contributed by atoms with Crippen LogP contribution in [0.15, 0.2) is 0 Å². The van der Waals surface area contributed by atoms with Crippen LogP contribution in [0.5, 0.6) is 0 Å². The summed E-state index contributed by atoms with van der Waals surface area (Å²) in [6.07, 6.45) is 2.14. The lowest BCUT2D eigenvalue weighted by Crippen LogP contribution is -2.40. The van der Waals surface area contributed by atoms with Crippen molar-refractivity contribution in [2.75, 3.05) is 19.6 Å². The minimum atomic E-state index is -0.447. The van der Waals surface area contributed by atoms with E-state index in [-0.39, 0.29) is 11.8 Å². The molecular formula is C11H22N2O2. The molecule has 1 unspecified atom stereocenters. The standard InChI is InChI=1S/C11H22N2O2/c1-8(2)10(14)6-13-11(15)7-12-5-9-3-4-9/h8-10,12,14H,3-7H2,1-2H3,(H,13,15). The molecular weight excluding hydrogens is 192 g/mol. The Kier molecular flexibility index (Phi) is 5.05. The summed E-state index contributed by atoms with van der Waals surface area (Å²) in [7, 11) is 0. The molecule has 0 spiro atoms. The molecule has 1 rings (SSSR count). The second-order valence-electron chi connectivity index (χ2n) is 4.69. The fraction of sp³-hybridized carbons (Fsp3) is 0.909. The topological polar surface area (TPSA) is 61.4 Å². The van der Waals surface area contributed by atoms with E-state index in [2.05, 4.69) is 10.6 Å². The van der Waals surface area contributed by atoms with Gasteiger partial charge in [0.05, 0.1) is 12.6 Å². The van der Waals surface area contributed by atoms with Gasteiger partial charge < -0.3 is 15.7 Å². The van der Waals surface area contributed by atoms with Crippen molar-refractivity contribution < 1.29 is 9.90 Å². The lowest BCUT2D eigenvalue weighted by molar-refractivity contribution is -0.120. The van der Waals surface area contributed by atoms with E-state index in [1.54, 1.807) is 0 Å². The molecule has 4 heteroatoms. The zero-order valence-electron chi connectivity index (χ0n) is 9.62. The van der Waals surface area contributed by atoms with Gasteiger partial charge in [-0.2, -0.15) is 0 Å². The van der Waals surface area contributed by atoms with E-state index < -0.39 is 6.10 Å². The van der Waals surface area contributed by atoms with Crippen LogP contribution >= 0.6 is 0 Å². The third kappa shape index (κ3) is 5.74. The predicted octanol–water partition coefficient (Wildman–Crippen LogP) is 0.119. The van der Waals surface area contributed by atoms with Gasteiger partial charge in [-0.15, -0.1) is 0 Å². The molecule has 1 atom stereocenters. The number of hydrogen-bond donors (Lipinski definition) is 3. The molecule has 15 heavy (non-hydrogen) atoms. The summed E-state index contributed by atoms with van der Waals surface area (Å²) in [6, 6.07) is 0. The van der Waals surface area contributed by atoms with Crippen molar-refractivity contribution in [2.45, 2.75) is 32.8 Å². The maximum Gasteiger partial charge on any atom is 0.234 e. The Balaban J connectivity index is 1.96. The Morgan fingerprint density at radius 3 is 2.67 bits per heavy atom. The third-order valence-electron chi connectivity index (χ3n) is 2.69. The van der Waals surface area contributed by atoms with Crippen molar-refractivity contribution in [1.29, 1.82) is 0 Å². The van der Waals surface area contributed by atoms with Crippen LogP contribution in [0, 0.1) is 11.8 Å². The molecule has 4 nitrogen and oxygen atoms in total. The number of nitrogens with one attached hydrogen (secondary N) is 2. The van der Waals surface area contributed by atoms with E-state index in [9.17, 15) is 9.90 Å². The highest BCUT2D eigenvalue weighted by molar-refractivity contribution is 5.77. The molecule has 1 aliphatic rings. The second-order valence-corrected chi connectivity index (χ2v) is 4.69. The van der Waals surface area contributed by atoms with E-state index in [0.717, 1.165) is 12.5 Å². The molecule has 0 aromatic carbocycles. The Morgan fingerprint density at radius 1 is 1.47 bits per heavy atom. The maximum absolute atomic E-state index is 11.3. The first-order chi connectivity index (χ1) is 7.09. The first-order valence-corrected chi connectivity index (χ1v) is 5.75. The second kappa shape index (κ2) is 6.08. The average Bonchev–Trinajstić information content (AvgIpc) is 2.97. The van der Waals surface area contributed by atoms with E-state index in [0.29, 0.717) is 13.1 Å². The van der Waals surface area contributed by atoms with Crippen molar-refractivity contribution in [2.24, 2.45) is 11.8 Å². The molecule has 0 aromatic heterocycles. The van der Waals surface area contributed by atoms with E-state index >= 15 is 0 Å². The number of carbonyl (C=O) groups excluding carboxylic acids is 1. The van der Waals surface area contributed by atoms with Gasteiger partial charge in [0.1, 0.15) is 0 Å². The molecule has 88 valence electrons. The van der Waals surface area contributed by atoms with Crippen molar-refractivity contribution >= 4 is 5.91 Å². The van der Waals surface area contributed by atoms with Crippen LogP contribution in [0.4, 0.5) is 0 Å². The molecule has 0 aromatic rings. The van der Waals surface area contributed by atoms with Gasteiger partial charge in [0, 0.05) is 6.54 Å². The fourth-order valence-corrected chi connectivity index (χ4v) is 1.23. The highest BCUT2D eigenvalue weighted by atomic mass is 16.3. The number of carbonyl (C=O) groups is 1. The van der Waals surface area contributed by atoms with Gasteiger partial charge in [-0.05, 0) is 31.2 Å². The van der Waals surface area contributed by atoms with Crippen LogP contribution in [-0.2, 0) is 4.79 Å². The van der Waals surface area contributed by atoms with Gasteiger partial charge in [0.25, 0.3) is 0 Å². The zero-order chi connectivity index (χ0) is 11.3. The lowest BCUT2D eigenvalue weighted by atomic mass is 10.1. The highest BCUT2D eigenvalue weighted by Crippen LogP contribution is 2.27. The Labute approximate surface area is 91.4 Å². The van der Waals surface area contributed by atoms with Crippen LogP contribution < -0.4 is 10.6 Å². The fourth-order valence-electron chi connectivity index (χ4n) is 1.23. The van der Waals surface area contributed by atoms with Crippen molar-refractivity contribution in [3.05, 3.63) is 0 Å². The quantitative estimate of drug-likeness (QED) is 0.564. The summed E-state index contributed by atoms with van der Waals surface area (Å²) in [6.45, 7) is 5.52. The average molecular weight is 214 g/mol. The molecule has 1 amide bonds. The van der Waals surface area contributed by atoms with E-state index in [1.165, 1.54) is 12.8 Å². The first kappa shape index (κ1) is 12.5. The summed E-state index contributed by atoms with van der Waals surface area (Å²) in [5.74, 6) is 0.944. The maximum atomic E-state index is 11.3. The van der Waals surface area contributed by atoms with Crippen molar-refractivity contribution in [3.8, 4) is 0 Å².